The molecule has 0 atom stereocenters. The molecule has 118 valence electrons. The van der Waals surface area contributed by atoms with Gasteiger partial charge in [0.2, 0.25) is 5.95 Å². The van der Waals surface area contributed by atoms with E-state index in [1.807, 2.05) is 0 Å². The Morgan fingerprint density at radius 2 is 2.00 bits per heavy atom. The van der Waals surface area contributed by atoms with E-state index < -0.39 is 11.9 Å². The molecule has 1 aliphatic heterocycles. The topological polar surface area (TPSA) is 62.3 Å². The van der Waals surface area contributed by atoms with Gasteiger partial charge in [0, 0.05) is 39.3 Å². The first kappa shape index (κ1) is 15.8. The van der Waals surface area contributed by atoms with E-state index in [0.29, 0.717) is 19.8 Å². The smallest absolute Gasteiger partial charge is 0.379 e. The van der Waals surface area contributed by atoms with Crippen LogP contribution in [0.5, 0.6) is 0 Å². The predicted molar refractivity (Wildman–Crippen MR) is 72.3 cm³/mol. The minimum Gasteiger partial charge on any atom is -0.379 e. The highest BCUT2D eigenvalue weighted by Crippen LogP contribution is 2.29. The zero-order valence-corrected chi connectivity index (χ0v) is 11.7. The van der Waals surface area contributed by atoms with E-state index in [9.17, 15) is 13.2 Å². The van der Waals surface area contributed by atoms with Crippen molar-refractivity contribution in [1.82, 2.24) is 14.9 Å². The number of aromatic nitrogens is 2. The van der Waals surface area contributed by atoms with Gasteiger partial charge in [-0.3, -0.25) is 4.90 Å². The second-order valence-corrected chi connectivity index (χ2v) is 4.59. The summed E-state index contributed by atoms with van der Waals surface area (Å²) in [5, 5.41) is 5.44. The van der Waals surface area contributed by atoms with Gasteiger partial charge in [0.05, 0.1) is 13.2 Å². The molecule has 1 saturated heterocycles. The number of hydrogen-bond acceptors (Lipinski definition) is 6. The van der Waals surface area contributed by atoms with Gasteiger partial charge in [0.1, 0.15) is 5.82 Å². The number of ether oxygens (including phenoxy) is 1. The molecule has 0 spiro atoms. The highest BCUT2D eigenvalue weighted by molar-refractivity contribution is 5.42. The molecule has 1 aromatic heterocycles. The molecular weight excluding hydrogens is 287 g/mol. The Hall–Kier alpha value is -1.61. The van der Waals surface area contributed by atoms with Crippen LogP contribution >= 0.6 is 0 Å². The normalized spacial score (nSPS) is 16.8. The summed E-state index contributed by atoms with van der Waals surface area (Å²) in [6.07, 6.45) is -4.49. The van der Waals surface area contributed by atoms with Crippen LogP contribution in [0.2, 0.25) is 0 Å². The molecule has 1 aliphatic rings. The molecule has 1 fully saturated rings. The summed E-state index contributed by atoms with van der Waals surface area (Å²) in [7, 11) is 1.48. The van der Waals surface area contributed by atoms with Gasteiger partial charge in [-0.1, -0.05) is 0 Å². The summed E-state index contributed by atoms with van der Waals surface area (Å²) in [6.45, 7) is 4.29. The SMILES string of the molecule is CNc1nc(NCCN2CCOCC2)cc(C(F)(F)F)n1. The fourth-order valence-electron chi connectivity index (χ4n) is 1.96. The number of morpholine rings is 1. The lowest BCUT2D eigenvalue weighted by molar-refractivity contribution is -0.141. The summed E-state index contributed by atoms with van der Waals surface area (Å²) in [5.74, 6) is 0.105. The fraction of sp³-hybridized carbons (Fsp3) is 0.667. The van der Waals surface area contributed by atoms with E-state index in [4.69, 9.17) is 4.74 Å². The van der Waals surface area contributed by atoms with Crippen molar-refractivity contribution in [3.63, 3.8) is 0 Å². The largest absolute Gasteiger partial charge is 0.433 e. The fourth-order valence-corrected chi connectivity index (χ4v) is 1.96. The number of anilines is 2. The second-order valence-electron chi connectivity index (χ2n) is 4.59. The van der Waals surface area contributed by atoms with Crippen molar-refractivity contribution >= 4 is 11.8 Å². The van der Waals surface area contributed by atoms with Crippen LogP contribution in [-0.2, 0) is 10.9 Å². The molecule has 0 bridgehead atoms. The summed E-state index contributed by atoms with van der Waals surface area (Å²) < 4.78 is 43.4. The lowest BCUT2D eigenvalue weighted by Gasteiger charge is -2.26. The van der Waals surface area contributed by atoms with Gasteiger partial charge >= 0.3 is 6.18 Å². The number of hydrogen-bond donors (Lipinski definition) is 2. The van der Waals surface area contributed by atoms with Crippen LogP contribution in [0.15, 0.2) is 6.07 Å². The zero-order chi connectivity index (χ0) is 15.3. The molecule has 0 saturated carbocycles. The highest BCUT2D eigenvalue weighted by atomic mass is 19.4. The van der Waals surface area contributed by atoms with Crippen molar-refractivity contribution in [2.75, 3.05) is 57.1 Å². The maximum atomic E-state index is 12.7. The Morgan fingerprint density at radius 3 is 2.62 bits per heavy atom. The Bertz CT molecular complexity index is 463. The summed E-state index contributed by atoms with van der Waals surface area (Å²) in [6, 6.07) is 0.917. The number of rotatable bonds is 5. The van der Waals surface area contributed by atoms with Crippen molar-refractivity contribution in [1.29, 1.82) is 0 Å². The molecule has 0 unspecified atom stereocenters. The first-order chi connectivity index (χ1) is 9.99. The van der Waals surface area contributed by atoms with Crippen LogP contribution in [0, 0.1) is 0 Å². The summed E-state index contributed by atoms with van der Waals surface area (Å²) >= 11 is 0. The third kappa shape index (κ3) is 4.71. The molecule has 0 radical (unpaired) electrons. The number of nitrogens with zero attached hydrogens (tertiary/aromatic N) is 3. The Kier molecular flexibility index (Phi) is 5.18. The molecule has 2 heterocycles. The molecule has 2 rings (SSSR count). The monoisotopic (exact) mass is 305 g/mol. The molecule has 2 N–H and O–H groups in total. The molecule has 0 aromatic carbocycles. The summed E-state index contributed by atoms with van der Waals surface area (Å²) in [4.78, 5) is 9.56. The minimum atomic E-state index is -4.49. The lowest BCUT2D eigenvalue weighted by Crippen LogP contribution is -2.39. The third-order valence-electron chi connectivity index (χ3n) is 3.08. The maximum Gasteiger partial charge on any atom is 0.433 e. The van der Waals surface area contributed by atoms with E-state index in [-0.39, 0.29) is 11.8 Å². The first-order valence-electron chi connectivity index (χ1n) is 6.67. The molecule has 6 nitrogen and oxygen atoms in total. The van der Waals surface area contributed by atoms with Gasteiger partial charge in [-0.25, -0.2) is 4.98 Å². The molecule has 0 amide bonds. The van der Waals surface area contributed by atoms with Crippen molar-refractivity contribution in [3.05, 3.63) is 11.8 Å². The molecule has 9 heteroatoms. The van der Waals surface area contributed by atoms with E-state index in [0.717, 1.165) is 25.7 Å². The van der Waals surface area contributed by atoms with Crippen molar-refractivity contribution in [2.45, 2.75) is 6.18 Å². The van der Waals surface area contributed by atoms with E-state index >= 15 is 0 Å². The van der Waals surface area contributed by atoms with Crippen LogP contribution in [0.1, 0.15) is 5.69 Å². The van der Waals surface area contributed by atoms with Crippen LogP contribution < -0.4 is 10.6 Å². The zero-order valence-electron chi connectivity index (χ0n) is 11.7. The van der Waals surface area contributed by atoms with Gasteiger partial charge in [-0.2, -0.15) is 18.2 Å². The van der Waals surface area contributed by atoms with E-state index in [2.05, 4.69) is 25.5 Å². The van der Waals surface area contributed by atoms with Gasteiger partial charge in [-0.05, 0) is 0 Å². The van der Waals surface area contributed by atoms with Gasteiger partial charge in [0.25, 0.3) is 0 Å². The third-order valence-corrected chi connectivity index (χ3v) is 3.08. The number of alkyl halides is 3. The van der Waals surface area contributed by atoms with E-state index in [1.54, 1.807) is 0 Å². The van der Waals surface area contributed by atoms with Gasteiger partial charge in [-0.15, -0.1) is 0 Å². The quantitative estimate of drug-likeness (QED) is 0.854. The van der Waals surface area contributed by atoms with Crippen LogP contribution in [-0.4, -0.2) is 61.3 Å². The molecule has 21 heavy (non-hydrogen) atoms. The van der Waals surface area contributed by atoms with Crippen LogP contribution in [0.25, 0.3) is 0 Å². The molecule has 0 aliphatic carbocycles. The Morgan fingerprint density at radius 1 is 1.29 bits per heavy atom. The minimum absolute atomic E-state index is 0.0568. The average molecular weight is 305 g/mol. The molecular formula is C12H18F3N5O. The van der Waals surface area contributed by atoms with E-state index in [1.165, 1.54) is 7.05 Å². The van der Waals surface area contributed by atoms with Crippen molar-refractivity contribution < 1.29 is 17.9 Å². The second kappa shape index (κ2) is 6.90. The van der Waals surface area contributed by atoms with Crippen molar-refractivity contribution in [2.24, 2.45) is 0 Å². The molecule has 1 aromatic rings. The number of halogens is 3. The summed E-state index contributed by atoms with van der Waals surface area (Å²) in [5.41, 5.74) is -0.962. The van der Waals surface area contributed by atoms with Crippen LogP contribution in [0.4, 0.5) is 24.9 Å². The predicted octanol–water partition coefficient (Wildman–Crippen LogP) is 1.28. The Labute approximate surface area is 120 Å². The highest BCUT2D eigenvalue weighted by Gasteiger charge is 2.33. The number of nitrogens with one attached hydrogen (secondary N) is 2. The van der Waals surface area contributed by atoms with Gasteiger partial charge < -0.3 is 15.4 Å². The first-order valence-corrected chi connectivity index (χ1v) is 6.67. The van der Waals surface area contributed by atoms with Crippen LogP contribution in [0.3, 0.4) is 0 Å². The average Bonchev–Trinajstić information content (AvgIpc) is 2.47. The Balaban J connectivity index is 1.95. The standard InChI is InChI=1S/C12H18F3N5O/c1-16-11-18-9(12(13,14)15)8-10(19-11)17-2-3-20-4-6-21-7-5-20/h8H,2-7H2,1H3,(H2,16,17,18,19). The maximum absolute atomic E-state index is 12.7. The van der Waals surface area contributed by atoms with Gasteiger partial charge in [0.15, 0.2) is 5.69 Å². The van der Waals surface area contributed by atoms with Crippen molar-refractivity contribution in [3.8, 4) is 0 Å². The lowest BCUT2D eigenvalue weighted by atomic mass is 10.3.